The Labute approximate surface area is 129 Å². The van der Waals surface area contributed by atoms with Crippen LogP contribution in [0.3, 0.4) is 0 Å². The molecule has 0 unspecified atom stereocenters. The van der Waals surface area contributed by atoms with Crippen molar-refractivity contribution in [2.45, 2.75) is 6.54 Å². The van der Waals surface area contributed by atoms with E-state index < -0.39 is 0 Å². The molecule has 1 saturated heterocycles. The lowest BCUT2D eigenvalue weighted by molar-refractivity contribution is -0.132. The van der Waals surface area contributed by atoms with Crippen LogP contribution >= 0.6 is 0 Å². The van der Waals surface area contributed by atoms with Gasteiger partial charge in [-0.1, -0.05) is 12.1 Å². The van der Waals surface area contributed by atoms with Crippen LogP contribution in [-0.2, 0) is 11.3 Å². The van der Waals surface area contributed by atoms with E-state index in [1.54, 1.807) is 18.0 Å². The summed E-state index contributed by atoms with van der Waals surface area (Å²) in [5, 5.41) is 4.08. The van der Waals surface area contributed by atoms with Crippen LogP contribution < -0.4 is 9.64 Å². The van der Waals surface area contributed by atoms with Gasteiger partial charge in [0, 0.05) is 38.6 Å². The molecule has 1 fully saturated rings. The zero-order chi connectivity index (χ0) is 15.4. The van der Waals surface area contributed by atoms with Gasteiger partial charge in [0.25, 0.3) is 0 Å². The van der Waals surface area contributed by atoms with E-state index in [9.17, 15) is 4.79 Å². The SMILES string of the molecule is COc1ccccc1N1CCN(C(=O)Cn2cccn2)CC1. The van der Waals surface area contributed by atoms with Gasteiger partial charge in [-0.05, 0) is 18.2 Å². The predicted molar refractivity (Wildman–Crippen MR) is 84.0 cm³/mol. The molecule has 116 valence electrons. The summed E-state index contributed by atoms with van der Waals surface area (Å²) in [6.45, 7) is 3.37. The van der Waals surface area contributed by atoms with E-state index >= 15 is 0 Å². The molecular weight excluding hydrogens is 280 g/mol. The smallest absolute Gasteiger partial charge is 0.244 e. The maximum Gasteiger partial charge on any atom is 0.244 e. The minimum atomic E-state index is 0.114. The number of nitrogens with zero attached hydrogens (tertiary/aromatic N) is 4. The van der Waals surface area contributed by atoms with Crippen LogP contribution in [0.25, 0.3) is 0 Å². The van der Waals surface area contributed by atoms with Crippen molar-refractivity contribution in [3.63, 3.8) is 0 Å². The molecule has 0 saturated carbocycles. The summed E-state index contributed by atoms with van der Waals surface area (Å²) in [6, 6.07) is 9.82. The number of methoxy groups -OCH3 is 1. The zero-order valence-electron chi connectivity index (χ0n) is 12.7. The van der Waals surface area contributed by atoms with Crippen molar-refractivity contribution in [3.05, 3.63) is 42.7 Å². The van der Waals surface area contributed by atoms with E-state index in [4.69, 9.17) is 4.74 Å². The lowest BCUT2D eigenvalue weighted by Gasteiger charge is -2.36. The van der Waals surface area contributed by atoms with Crippen LogP contribution in [0, 0.1) is 0 Å². The lowest BCUT2D eigenvalue weighted by atomic mass is 10.2. The average molecular weight is 300 g/mol. The monoisotopic (exact) mass is 300 g/mol. The van der Waals surface area contributed by atoms with Gasteiger partial charge in [0.1, 0.15) is 12.3 Å². The summed E-state index contributed by atoms with van der Waals surface area (Å²) >= 11 is 0. The highest BCUT2D eigenvalue weighted by molar-refractivity contribution is 5.76. The molecule has 1 aliphatic rings. The number of hydrogen-bond donors (Lipinski definition) is 0. The number of rotatable bonds is 4. The first-order valence-electron chi connectivity index (χ1n) is 7.41. The summed E-state index contributed by atoms with van der Waals surface area (Å²) < 4.78 is 7.07. The third kappa shape index (κ3) is 3.05. The van der Waals surface area contributed by atoms with Crippen molar-refractivity contribution in [2.75, 3.05) is 38.2 Å². The van der Waals surface area contributed by atoms with Gasteiger partial charge in [-0.3, -0.25) is 9.48 Å². The molecule has 1 aromatic carbocycles. The van der Waals surface area contributed by atoms with E-state index in [1.807, 2.05) is 35.4 Å². The maximum absolute atomic E-state index is 12.3. The molecule has 0 N–H and O–H groups in total. The van der Waals surface area contributed by atoms with Gasteiger partial charge in [0.05, 0.1) is 12.8 Å². The fraction of sp³-hybridized carbons (Fsp3) is 0.375. The summed E-state index contributed by atoms with van der Waals surface area (Å²) in [6.07, 6.45) is 3.50. The number of ether oxygens (including phenoxy) is 1. The minimum absolute atomic E-state index is 0.114. The second kappa shape index (κ2) is 6.51. The third-order valence-corrected chi connectivity index (χ3v) is 3.91. The maximum atomic E-state index is 12.3. The average Bonchev–Trinajstić information content (AvgIpc) is 3.08. The minimum Gasteiger partial charge on any atom is -0.495 e. The Morgan fingerprint density at radius 3 is 2.64 bits per heavy atom. The predicted octanol–water partition coefficient (Wildman–Crippen LogP) is 1.24. The topological polar surface area (TPSA) is 50.6 Å². The zero-order valence-corrected chi connectivity index (χ0v) is 12.7. The van der Waals surface area contributed by atoms with Gasteiger partial charge in [-0.25, -0.2) is 0 Å². The second-order valence-electron chi connectivity index (χ2n) is 5.24. The van der Waals surface area contributed by atoms with Gasteiger partial charge in [0.15, 0.2) is 0 Å². The van der Waals surface area contributed by atoms with Crippen molar-refractivity contribution in [3.8, 4) is 5.75 Å². The molecule has 6 nitrogen and oxygen atoms in total. The summed E-state index contributed by atoms with van der Waals surface area (Å²) in [5.74, 6) is 0.988. The lowest BCUT2D eigenvalue weighted by Crippen LogP contribution is -2.49. The Kier molecular flexibility index (Phi) is 4.27. The van der Waals surface area contributed by atoms with Crippen LogP contribution in [0.1, 0.15) is 0 Å². The number of hydrogen-bond acceptors (Lipinski definition) is 4. The largest absolute Gasteiger partial charge is 0.495 e. The van der Waals surface area contributed by atoms with Gasteiger partial charge < -0.3 is 14.5 Å². The van der Waals surface area contributed by atoms with Gasteiger partial charge in [-0.2, -0.15) is 5.10 Å². The van der Waals surface area contributed by atoms with Crippen LogP contribution in [-0.4, -0.2) is 53.9 Å². The summed E-state index contributed by atoms with van der Waals surface area (Å²) in [7, 11) is 1.68. The molecule has 0 spiro atoms. The third-order valence-electron chi connectivity index (χ3n) is 3.91. The van der Waals surface area contributed by atoms with Gasteiger partial charge >= 0.3 is 0 Å². The Bertz CT molecular complexity index is 619. The molecule has 2 aromatic rings. The molecule has 1 amide bonds. The molecular formula is C16H20N4O2. The second-order valence-corrected chi connectivity index (χ2v) is 5.24. The van der Waals surface area contributed by atoms with E-state index in [0.29, 0.717) is 6.54 Å². The molecule has 6 heteroatoms. The highest BCUT2D eigenvalue weighted by atomic mass is 16.5. The first kappa shape index (κ1) is 14.4. The Morgan fingerprint density at radius 1 is 1.18 bits per heavy atom. The molecule has 0 bridgehead atoms. The highest BCUT2D eigenvalue weighted by Gasteiger charge is 2.22. The van der Waals surface area contributed by atoms with Crippen LogP contribution in [0.15, 0.2) is 42.7 Å². The number of benzene rings is 1. The van der Waals surface area contributed by atoms with Gasteiger partial charge in [0.2, 0.25) is 5.91 Å². The molecule has 0 radical (unpaired) electrons. The van der Waals surface area contributed by atoms with Crippen LogP contribution in [0.4, 0.5) is 5.69 Å². The van der Waals surface area contributed by atoms with E-state index in [2.05, 4.69) is 16.1 Å². The first-order valence-corrected chi connectivity index (χ1v) is 7.41. The van der Waals surface area contributed by atoms with Crippen molar-refractivity contribution < 1.29 is 9.53 Å². The van der Waals surface area contributed by atoms with E-state index in [1.165, 1.54) is 0 Å². The number of amides is 1. The van der Waals surface area contributed by atoms with Crippen LogP contribution in [0.2, 0.25) is 0 Å². The summed E-state index contributed by atoms with van der Waals surface area (Å²) in [5.41, 5.74) is 1.09. The van der Waals surface area contributed by atoms with E-state index in [-0.39, 0.29) is 5.91 Å². The fourth-order valence-corrected chi connectivity index (χ4v) is 2.72. The molecule has 2 heterocycles. The highest BCUT2D eigenvalue weighted by Crippen LogP contribution is 2.28. The fourth-order valence-electron chi connectivity index (χ4n) is 2.72. The van der Waals surface area contributed by atoms with Crippen LogP contribution in [0.5, 0.6) is 5.75 Å². The first-order chi connectivity index (χ1) is 10.8. The number of anilines is 1. The van der Waals surface area contributed by atoms with Crippen molar-refractivity contribution in [1.82, 2.24) is 14.7 Å². The number of aromatic nitrogens is 2. The molecule has 1 aliphatic heterocycles. The van der Waals surface area contributed by atoms with Crippen molar-refractivity contribution >= 4 is 11.6 Å². The number of carbonyl (C=O) groups excluding carboxylic acids is 1. The number of para-hydroxylation sites is 2. The molecule has 3 rings (SSSR count). The van der Waals surface area contributed by atoms with Crippen molar-refractivity contribution in [1.29, 1.82) is 0 Å². The molecule has 0 aliphatic carbocycles. The quantitative estimate of drug-likeness (QED) is 0.852. The summed E-state index contributed by atoms with van der Waals surface area (Å²) in [4.78, 5) is 16.4. The van der Waals surface area contributed by atoms with Gasteiger partial charge in [-0.15, -0.1) is 0 Å². The molecule has 1 aromatic heterocycles. The Balaban J connectivity index is 1.59. The molecule has 0 atom stereocenters. The van der Waals surface area contributed by atoms with E-state index in [0.717, 1.165) is 37.6 Å². The Hall–Kier alpha value is -2.50. The number of piperazine rings is 1. The Morgan fingerprint density at radius 2 is 1.95 bits per heavy atom. The molecule has 22 heavy (non-hydrogen) atoms. The number of carbonyl (C=O) groups is 1. The van der Waals surface area contributed by atoms with Crippen molar-refractivity contribution in [2.24, 2.45) is 0 Å². The normalized spacial score (nSPS) is 15.0. The standard InChI is InChI=1S/C16H20N4O2/c1-22-15-6-3-2-5-14(15)18-9-11-19(12-10-18)16(21)13-20-8-4-7-17-20/h2-8H,9-13H2,1H3.